The van der Waals surface area contributed by atoms with E-state index >= 15 is 0 Å². The number of likely N-dealkylation sites (N-methyl/N-ethyl adjacent to an activating group) is 1. The van der Waals surface area contributed by atoms with E-state index in [1.165, 1.54) is 84.6 Å². The van der Waals surface area contributed by atoms with Crippen molar-refractivity contribution in [1.29, 1.82) is 0 Å². The number of hydrogen-bond acceptors (Lipinski definition) is 4. The summed E-state index contributed by atoms with van der Waals surface area (Å²) in [5.41, 5.74) is 0.577. The number of piperazine rings is 1. The zero-order valence-corrected chi connectivity index (χ0v) is 16.4. The molecule has 5 heteroatoms. The van der Waals surface area contributed by atoms with E-state index in [4.69, 9.17) is 0 Å². The van der Waals surface area contributed by atoms with Crippen LogP contribution in [0.1, 0.15) is 47.4 Å². The minimum Gasteiger partial charge on any atom is -0.356 e. The van der Waals surface area contributed by atoms with Crippen molar-refractivity contribution in [2.75, 3.05) is 65.4 Å². The van der Waals surface area contributed by atoms with E-state index in [2.05, 4.69) is 26.9 Å². The maximum absolute atomic E-state index is 11.4. The summed E-state index contributed by atoms with van der Waals surface area (Å²) < 4.78 is 0. The Balaban J connectivity index is 0.00000243. The molecule has 146 valence electrons. The lowest BCUT2D eigenvalue weighted by molar-refractivity contribution is -0.120. The van der Waals surface area contributed by atoms with Crippen LogP contribution in [0.2, 0.25) is 0 Å². The summed E-state index contributed by atoms with van der Waals surface area (Å²) in [6.45, 7) is 16.4. The van der Waals surface area contributed by atoms with E-state index in [1.807, 2.05) is 6.92 Å². The number of nitrogens with one attached hydrogen (secondary N) is 1. The average Bonchev–Trinajstić information content (AvgIpc) is 3.34. The summed E-state index contributed by atoms with van der Waals surface area (Å²) in [4.78, 5) is 19.3. The SMILES string of the molecule is CCC(=O)NCC1CC12CCN(CCCN1CCN(CC)CC1)CC2.[HH]. The van der Waals surface area contributed by atoms with E-state index < -0.39 is 0 Å². The Morgan fingerprint density at radius 2 is 1.60 bits per heavy atom. The lowest BCUT2D eigenvalue weighted by atomic mass is 9.90. The molecule has 2 aliphatic heterocycles. The Morgan fingerprint density at radius 1 is 1.00 bits per heavy atom. The molecule has 0 radical (unpaired) electrons. The molecule has 1 spiro atoms. The molecule has 1 aliphatic carbocycles. The standard InChI is InChI=1S/C20H38N4O.H2/c1-3-19(25)21-17-18-16-20(18)6-10-23(11-7-20)8-5-9-24-14-12-22(4-2)13-15-24;/h18H,3-17H2,1-2H3,(H,21,25);1H. The van der Waals surface area contributed by atoms with Crippen molar-refractivity contribution in [3.63, 3.8) is 0 Å². The Labute approximate surface area is 155 Å². The van der Waals surface area contributed by atoms with Crippen molar-refractivity contribution >= 4 is 5.91 Å². The first-order valence-electron chi connectivity index (χ1n) is 10.6. The molecule has 1 N–H and O–H groups in total. The molecule has 5 nitrogen and oxygen atoms in total. The summed E-state index contributed by atoms with van der Waals surface area (Å²) in [6, 6.07) is 0. The second-order valence-electron chi connectivity index (χ2n) is 8.39. The summed E-state index contributed by atoms with van der Waals surface area (Å²) >= 11 is 0. The number of rotatable bonds is 8. The number of amides is 1. The third-order valence-corrected chi connectivity index (χ3v) is 6.94. The molecule has 1 saturated carbocycles. The van der Waals surface area contributed by atoms with Gasteiger partial charge in [-0.25, -0.2) is 0 Å². The lowest BCUT2D eigenvalue weighted by Gasteiger charge is -2.36. The number of carbonyl (C=O) groups is 1. The zero-order chi connectivity index (χ0) is 17.7. The summed E-state index contributed by atoms with van der Waals surface area (Å²) in [5, 5.41) is 3.09. The van der Waals surface area contributed by atoms with Crippen molar-refractivity contribution < 1.29 is 6.22 Å². The smallest absolute Gasteiger partial charge is 0.219 e. The second kappa shape index (κ2) is 8.83. The van der Waals surface area contributed by atoms with Crippen LogP contribution in [-0.2, 0) is 4.79 Å². The van der Waals surface area contributed by atoms with Gasteiger partial charge in [0.25, 0.3) is 0 Å². The van der Waals surface area contributed by atoms with Gasteiger partial charge in [0, 0.05) is 40.6 Å². The van der Waals surface area contributed by atoms with Crippen LogP contribution in [0.5, 0.6) is 0 Å². The molecule has 2 saturated heterocycles. The van der Waals surface area contributed by atoms with Gasteiger partial charge in [0.15, 0.2) is 0 Å². The van der Waals surface area contributed by atoms with E-state index in [9.17, 15) is 4.79 Å². The Bertz CT molecular complexity index is 432. The highest BCUT2D eigenvalue weighted by Crippen LogP contribution is 2.58. The normalized spacial score (nSPS) is 27.5. The van der Waals surface area contributed by atoms with Gasteiger partial charge in [-0.05, 0) is 69.7 Å². The number of nitrogens with zero attached hydrogens (tertiary/aromatic N) is 3. The minimum absolute atomic E-state index is 0. The number of carbonyl (C=O) groups excluding carboxylic acids is 1. The molecule has 3 fully saturated rings. The maximum Gasteiger partial charge on any atom is 0.219 e. The van der Waals surface area contributed by atoms with Crippen LogP contribution in [-0.4, -0.2) is 86.1 Å². The molecule has 3 aliphatic rings. The van der Waals surface area contributed by atoms with Gasteiger partial charge in [0.05, 0.1) is 0 Å². The van der Waals surface area contributed by atoms with Gasteiger partial charge in [-0.2, -0.15) is 0 Å². The summed E-state index contributed by atoms with van der Waals surface area (Å²) in [6.07, 6.45) is 5.95. The molecule has 1 atom stereocenters. The van der Waals surface area contributed by atoms with Crippen LogP contribution in [0.3, 0.4) is 0 Å². The third-order valence-electron chi connectivity index (χ3n) is 6.94. The first-order valence-corrected chi connectivity index (χ1v) is 10.6. The van der Waals surface area contributed by atoms with Gasteiger partial charge in [-0.1, -0.05) is 13.8 Å². The van der Waals surface area contributed by atoms with Crippen molar-refractivity contribution in [3.8, 4) is 0 Å². The van der Waals surface area contributed by atoms with Crippen LogP contribution in [0.25, 0.3) is 0 Å². The van der Waals surface area contributed by atoms with Crippen LogP contribution >= 0.6 is 0 Å². The fourth-order valence-corrected chi connectivity index (χ4v) is 4.76. The Kier molecular flexibility index (Phi) is 6.75. The average molecular weight is 353 g/mol. The van der Waals surface area contributed by atoms with Crippen LogP contribution in [0, 0.1) is 11.3 Å². The topological polar surface area (TPSA) is 38.8 Å². The quantitative estimate of drug-likeness (QED) is 0.724. The minimum atomic E-state index is 0. The first-order chi connectivity index (χ1) is 12.1. The van der Waals surface area contributed by atoms with Gasteiger partial charge in [0.2, 0.25) is 5.91 Å². The number of hydrogen-bond donors (Lipinski definition) is 1. The number of likely N-dealkylation sites (tertiary alicyclic amines) is 1. The van der Waals surface area contributed by atoms with Gasteiger partial charge in [-0.15, -0.1) is 0 Å². The highest BCUT2D eigenvalue weighted by molar-refractivity contribution is 5.75. The molecular weight excluding hydrogens is 312 g/mol. The summed E-state index contributed by atoms with van der Waals surface area (Å²) in [5.74, 6) is 0.958. The molecule has 2 heterocycles. The lowest BCUT2D eigenvalue weighted by Crippen LogP contribution is -2.46. The van der Waals surface area contributed by atoms with Crippen molar-refractivity contribution in [2.24, 2.45) is 11.3 Å². The molecule has 0 aromatic rings. The van der Waals surface area contributed by atoms with Gasteiger partial charge in [0.1, 0.15) is 0 Å². The largest absolute Gasteiger partial charge is 0.356 e. The second-order valence-corrected chi connectivity index (χ2v) is 8.39. The fourth-order valence-electron chi connectivity index (χ4n) is 4.76. The van der Waals surface area contributed by atoms with Crippen molar-refractivity contribution in [1.82, 2.24) is 20.0 Å². The van der Waals surface area contributed by atoms with E-state index in [-0.39, 0.29) is 7.33 Å². The van der Waals surface area contributed by atoms with Gasteiger partial charge >= 0.3 is 0 Å². The van der Waals surface area contributed by atoms with Gasteiger partial charge in [-0.3, -0.25) is 4.79 Å². The fraction of sp³-hybridized carbons (Fsp3) is 0.950. The van der Waals surface area contributed by atoms with E-state index in [0.717, 1.165) is 12.5 Å². The predicted octanol–water partition coefficient (Wildman–Crippen LogP) is 1.89. The molecule has 0 aromatic carbocycles. The maximum atomic E-state index is 11.4. The van der Waals surface area contributed by atoms with E-state index in [0.29, 0.717) is 11.8 Å². The highest BCUT2D eigenvalue weighted by Gasteiger charge is 2.54. The third kappa shape index (κ3) is 5.18. The Hall–Kier alpha value is -0.650. The molecule has 1 amide bonds. The molecule has 1 unspecified atom stereocenters. The molecule has 0 bridgehead atoms. The first kappa shape index (κ1) is 19.1. The zero-order valence-electron chi connectivity index (χ0n) is 16.4. The summed E-state index contributed by atoms with van der Waals surface area (Å²) in [7, 11) is 0. The van der Waals surface area contributed by atoms with Crippen LogP contribution < -0.4 is 5.32 Å². The highest BCUT2D eigenvalue weighted by atomic mass is 16.1. The molecule has 25 heavy (non-hydrogen) atoms. The molecular formula is C20H40N4O. The number of piperidine rings is 1. The predicted molar refractivity (Wildman–Crippen MR) is 105 cm³/mol. The van der Waals surface area contributed by atoms with Crippen molar-refractivity contribution in [3.05, 3.63) is 0 Å². The molecule has 3 rings (SSSR count). The Morgan fingerprint density at radius 3 is 2.20 bits per heavy atom. The van der Waals surface area contributed by atoms with E-state index in [1.54, 1.807) is 0 Å². The van der Waals surface area contributed by atoms with Gasteiger partial charge < -0.3 is 20.0 Å². The van der Waals surface area contributed by atoms with Crippen molar-refractivity contribution in [2.45, 2.75) is 46.0 Å². The van der Waals surface area contributed by atoms with Crippen LogP contribution in [0.15, 0.2) is 0 Å². The van der Waals surface area contributed by atoms with Crippen LogP contribution in [0.4, 0.5) is 0 Å². The monoisotopic (exact) mass is 352 g/mol. The molecule has 0 aromatic heterocycles.